The number of rotatable bonds is 7. The maximum absolute atomic E-state index is 10.9. The Morgan fingerprint density at radius 2 is 2.40 bits per heavy atom. The van der Waals surface area contributed by atoms with Crippen molar-refractivity contribution < 1.29 is 14.3 Å². The molecule has 0 saturated carbocycles. The highest BCUT2D eigenvalue weighted by atomic mass is 16.6. The van der Waals surface area contributed by atoms with Gasteiger partial charge in [0, 0.05) is 5.57 Å². The van der Waals surface area contributed by atoms with Crippen LogP contribution in [-0.2, 0) is 14.3 Å². The molecule has 0 aromatic rings. The van der Waals surface area contributed by atoms with Crippen LogP contribution in [0.3, 0.4) is 0 Å². The van der Waals surface area contributed by atoms with Crippen LogP contribution in [-0.4, -0.2) is 31.3 Å². The molecule has 4 nitrogen and oxygen atoms in total. The fraction of sp³-hybridized carbons (Fsp3) is 0.727. The van der Waals surface area contributed by atoms with Gasteiger partial charge in [-0.1, -0.05) is 13.3 Å². The van der Waals surface area contributed by atoms with Gasteiger partial charge in [-0.25, -0.2) is 0 Å². The summed E-state index contributed by atoms with van der Waals surface area (Å²) >= 11 is 0. The van der Waals surface area contributed by atoms with Crippen LogP contribution in [0.5, 0.6) is 0 Å². The van der Waals surface area contributed by atoms with E-state index < -0.39 is 0 Å². The molecule has 2 unspecified atom stereocenters. The third-order valence-corrected chi connectivity index (χ3v) is 2.30. The van der Waals surface area contributed by atoms with E-state index in [0.717, 1.165) is 19.4 Å². The molecule has 4 heteroatoms. The van der Waals surface area contributed by atoms with Crippen LogP contribution in [0.25, 0.3) is 0 Å². The highest BCUT2D eigenvalue weighted by Gasteiger charge is 2.23. The van der Waals surface area contributed by atoms with Gasteiger partial charge in [0.25, 0.3) is 0 Å². The lowest BCUT2D eigenvalue weighted by molar-refractivity contribution is -0.114. The second-order valence-electron chi connectivity index (χ2n) is 3.83. The van der Waals surface area contributed by atoms with Crippen molar-refractivity contribution in [2.24, 2.45) is 5.73 Å². The summed E-state index contributed by atoms with van der Waals surface area (Å²) in [5, 5.41) is 0. The van der Waals surface area contributed by atoms with Crippen LogP contribution in [0.4, 0.5) is 0 Å². The number of epoxide rings is 1. The lowest BCUT2D eigenvalue weighted by Gasteiger charge is -2.13. The molecule has 86 valence electrons. The Morgan fingerprint density at radius 3 is 2.87 bits per heavy atom. The molecule has 0 aromatic carbocycles. The molecule has 0 aromatic heterocycles. The summed E-state index contributed by atoms with van der Waals surface area (Å²) in [6.07, 6.45) is 3.95. The van der Waals surface area contributed by atoms with E-state index in [-0.39, 0.29) is 18.1 Å². The van der Waals surface area contributed by atoms with E-state index in [2.05, 4.69) is 6.92 Å². The lowest BCUT2D eigenvalue weighted by Crippen LogP contribution is -2.18. The van der Waals surface area contributed by atoms with Gasteiger partial charge in [0.1, 0.15) is 6.10 Å². The first-order valence-corrected chi connectivity index (χ1v) is 5.35. The van der Waals surface area contributed by atoms with Crippen molar-refractivity contribution in [1.29, 1.82) is 0 Å². The third-order valence-electron chi connectivity index (χ3n) is 2.30. The predicted molar refractivity (Wildman–Crippen MR) is 57.3 cm³/mol. The van der Waals surface area contributed by atoms with Crippen LogP contribution < -0.4 is 5.73 Å². The summed E-state index contributed by atoms with van der Waals surface area (Å²) in [4.78, 5) is 10.9. The van der Waals surface area contributed by atoms with Crippen molar-refractivity contribution in [3.63, 3.8) is 0 Å². The Labute approximate surface area is 90.4 Å². The van der Waals surface area contributed by atoms with Gasteiger partial charge in [0.2, 0.25) is 5.91 Å². The summed E-state index contributed by atoms with van der Waals surface area (Å²) in [5.41, 5.74) is 5.72. The van der Waals surface area contributed by atoms with E-state index in [1.807, 2.05) is 0 Å². The molecule has 0 aliphatic carbocycles. The molecule has 2 atom stereocenters. The van der Waals surface area contributed by atoms with E-state index in [0.29, 0.717) is 12.2 Å². The van der Waals surface area contributed by atoms with Crippen LogP contribution in [0.1, 0.15) is 26.7 Å². The SMILES string of the molecule is CCCC(C=C(C)C(N)=O)OCC1CO1. The van der Waals surface area contributed by atoms with Gasteiger partial charge in [0.15, 0.2) is 0 Å². The van der Waals surface area contributed by atoms with E-state index >= 15 is 0 Å². The number of hydrogen-bond acceptors (Lipinski definition) is 3. The molecule has 1 aliphatic heterocycles. The summed E-state index contributed by atoms with van der Waals surface area (Å²) in [6.45, 7) is 5.18. The molecule has 1 heterocycles. The fourth-order valence-electron chi connectivity index (χ4n) is 1.26. The van der Waals surface area contributed by atoms with Gasteiger partial charge in [-0.15, -0.1) is 0 Å². The van der Waals surface area contributed by atoms with Crippen LogP contribution in [0.15, 0.2) is 11.6 Å². The molecule has 0 spiro atoms. The highest BCUT2D eigenvalue weighted by molar-refractivity contribution is 5.91. The fourth-order valence-corrected chi connectivity index (χ4v) is 1.26. The number of nitrogens with two attached hydrogens (primary N) is 1. The molecular weight excluding hydrogens is 194 g/mol. The summed E-state index contributed by atoms with van der Waals surface area (Å²) in [5.74, 6) is -0.387. The van der Waals surface area contributed by atoms with Gasteiger partial charge < -0.3 is 15.2 Å². The Balaban J connectivity index is 2.39. The first-order chi connectivity index (χ1) is 7.13. The smallest absolute Gasteiger partial charge is 0.244 e. The number of amides is 1. The highest BCUT2D eigenvalue weighted by Crippen LogP contribution is 2.13. The van der Waals surface area contributed by atoms with Crippen molar-refractivity contribution in [2.75, 3.05) is 13.2 Å². The molecule has 1 amide bonds. The molecule has 1 rings (SSSR count). The lowest BCUT2D eigenvalue weighted by atomic mass is 10.1. The van der Waals surface area contributed by atoms with Crippen molar-refractivity contribution in [3.8, 4) is 0 Å². The Bertz CT molecular complexity index is 246. The molecule has 1 fully saturated rings. The van der Waals surface area contributed by atoms with Crippen molar-refractivity contribution in [2.45, 2.75) is 38.9 Å². The zero-order valence-corrected chi connectivity index (χ0v) is 9.36. The van der Waals surface area contributed by atoms with E-state index in [9.17, 15) is 4.79 Å². The number of primary amides is 1. The molecule has 2 N–H and O–H groups in total. The second kappa shape index (κ2) is 5.88. The number of ether oxygens (including phenoxy) is 2. The average Bonchev–Trinajstić information content (AvgIpc) is 2.97. The second-order valence-corrected chi connectivity index (χ2v) is 3.83. The maximum atomic E-state index is 10.9. The first-order valence-electron chi connectivity index (χ1n) is 5.35. The van der Waals surface area contributed by atoms with Crippen molar-refractivity contribution in [3.05, 3.63) is 11.6 Å². The van der Waals surface area contributed by atoms with E-state index in [1.165, 1.54) is 0 Å². The Kier molecular flexibility index (Phi) is 4.78. The van der Waals surface area contributed by atoms with Crippen LogP contribution in [0, 0.1) is 0 Å². The number of carbonyl (C=O) groups excluding carboxylic acids is 1. The summed E-state index contributed by atoms with van der Waals surface area (Å²) in [7, 11) is 0. The predicted octanol–water partition coefficient (Wildman–Crippen LogP) is 1.00. The van der Waals surface area contributed by atoms with E-state index in [1.54, 1.807) is 13.0 Å². The quantitative estimate of drug-likeness (QED) is 0.507. The molecule has 1 saturated heterocycles. The van der Waals surface area contributed by atoms with Gasteiger partial charge in [0.05, 0.1) is 19.3 Å². The first kappa shape index (κ1) is 12.2. The molecule has 15 heavy (non-hydrogen) atoms. The normalized spacial score (nSPS) is 22.5. The minimum absolute atomic E-state index is 0.0216. The molecular formula is C11H19NO3. The third kappa shape index (κ3) is 4.95. The van der Waals surface area contributed by atoms with Crippen LogP contribution >= 0.6 is 0 Å². The molecule has 0 bridgehead atoms. The zero-order chi connectivity index (χ0) is 11.3. The Hall–Kier alpha value is -0.870. The monoisotopic (exact) mass is 213 g/mol. The van der Waals surface area contributed by atoms with Gasteiger partial charge in [-0.2, -0.15) is 0 Å². The number of carbonyl (C=O) groups is 1. The van der Waals surface area contributed by atoms with Gasteiger partial charge in [-0.05, 0) is 19.4 Å². The zero-order valence-electron chi connectivity index (χ0n) is 9.36. The van der Waals surface area contributed by atoms with Gasteiger partial charge >= 0.3 is 0 Å². The average molecular weight is 213 g/mol. The maximum Gasteiger partial charge on any atom is 0.244 e. The summed E-state index contributed by atoms with van der Waals surface area (Å²) in [6, 6.07) is 0. The molecule has 0 radical (unpaired) electrons. The minimum Gasteiger partial charge on any atom is -0.371 e. The standard InChI is InChI=1S/C11H19NO3/c1-3-4-9(5-8(2)11(12)13)14-6-10-7-15-10/h5,9-10H,3-4,6-7H2,1-2H3,(H2,12,13). The van der Waals surface area contributed by atoms with E-state index in [4.69, 9.17) is 15.2 Å². The van der Waals surface area contributed by atoms with Crippen molar-refractivity contribution in [1.82, 2.24) is 0 Å². The topological polar surface area (TPSA) is 64.9 Å². The van der Waals surface area contributed by atoms with Crippen LogP contribution in [0.2, 0.25) is 0 Å². The number of hydrogen-bond donors (Lipinski definition) is 1. The Morgan fingerprint density at radius 1 is 1.73 bits per heavy atom. The largest absolute Gasteiger partial charge is 0.371 e. The van der Waals surface area contributed by atoms with Crippen molar-refractivity contribution >= 4 is 5.91 Å². The molecule has 1 aliphatic rings. The summed E-state index contributed by atoms with van der Waals surface area (Å²) < 4.78 is 10.7. The van der Waals surface area contributed by atoms with Gasteiger partial charge in [-0.3, -0.25) is 4.79 Å². The minimum atomic E-state index is -0.387.